The Morgan fingerprint density at radius 2 is 2.22 bits per heavy atom. The zero-order valence-electron chi connectivity index (χ0n) is 9.93. The summed E-state index contributed by atoms with van der Waals surface area (Å²) in [7, 11) is 0. The molecule has 0 saturated carbocycles. The molecule has 3 aromatic rings. The molecule has 0 atom stereocenters. The van der Waals surface area contributed by atoms with Crippen LogP contribution in [0.4, 0.5) is 0 Å². The first kappa shape index (κ1) is 11.5. The molecule has 0 spiro atoms. The van der Waals surface area contributed by atoms with E-state index in [0.29, 0.717) is 18.3 Å². The Hall–Kier alpha value is -1.62. The van der Waals surface area contributed by atoms with Crippen LogP contribution in [0.15, 0.2) is 39.5 Å². The molecule has 0 saturated heterocycles. The maximum absolute atomic E-state index is 5.11. The molecular formula is C13H12BrN3O. The van der Waals surface area contributed by atoms with Crippen molar-refractivity contribution in [3.8, 4) is 0 Å². The number of aromatic nitrogens is 3. The zero-order chi connectivity index (χ0) is 12.5. The third-order valence-corrected chi connectivity index (χ3v) is 3.58. The van der Waals surface area contributed by atoms with E-state index >= 15 is 0 Å². The molecule has 0 fully saturated rings. The Kier molecular flexibility index (Phi) is 2.91. The molecule has 5 heteroatoms. The van der Waals surface area contributed by atoms with Gasteiger partial charge >= 0.3 is 0 Å². The lowest BCUT2D eigenvalue weighted by atomic mass is 10.2. The summed E-state index contributed by atoms with van der Waals surface area (Å²) in [5.41, 5.74) is 1.16. The predicted octanol–water partition coefficient (Wildman–Crippen LogP) is 3.40. The lowest BCUT2D eigenvalue weighted by Crippen LogP contribution is -1.99. The molecule has 4 nitrogen and oxygen atoms in total. The van der Waals surface area contributed by atoms with Crippen molar-refractivity contribution in [2.24, 2.45) is 0 Å². The van der Waals surface area contributed by atoms with Crippen LogP contribution in [0.5, 0.6) is 0 Å². The summed E-state index contributed by atoms with van der Waals surface area (Å²) in [4.78, 5) is 4.32. The van der Waals surface area contributed by atoms with Gasteiger partial charge in [0.25, 0.3) is 0 Å². The van der Waals surface area contributed by atoms with E-state index in [-0.39, 0.29) is 0 Å². The van der Waals surface area contributed by atoms with Gasteiger partial charge in [0.2, 0.25) is 5.89 Å². The van der Waals surface area contributed by atoms with Gasteiger partial charge in [-0.25, -0.2) is 0 Å². The van der Waals surface area contributed by atoms with Gasteiger partial charge in [-0.1, -0.05) is 34.1 Å². The molecule has 0 radical (unpaired) electrons. The molecule has 92 valence electrons. The van der Waals surface area contributed by atoms with Crippen LogP contribution >= 0.6 is 15.9 Å². The maximum Gasteiger partial charge on any atom is 0.226 e. The second-order valence-electron chi connectivity index (χ2n) is 4.07. The van der Waals surface area contributed by atoms with Gasteiger partial charge in [0, 0.05) is 28.0 Å². The smallest absolute Gasteiger partial charge is 0.226 e. The summed E-state index contributed by atoms with van der Waals surface area (Å²) in [6, 6.07) is 8.23. The van der Waals surface area contributed by atoms with E-state index in [1.54, 1.807) is 0 Å². The summed E-state index contributed by atoms with van der Waals surface area (Å²) in [6.07, 6.45) is 2.81. The van der Waals surface area contributed by atoms with Crippen molar-refractivity contribution in [2.75, 3.05) is 0 Å². The van der Waals surface area contributed by atoms with E-state index in [0.717, 1.165) is 16.4 Å². The van der Waals surface area contributed by atoms with E-state index in [1.807, 2.05) is 25.3 Å². The number of rotatable bonds is 3. The van der Waals surface area contributed by atoms with E-state index < -0.39 is 0 Å². The van der Waals surface area contributed by atoms with Crippen LogP contribution in [-0.4, -0.2) is 14.7 Å². The zero-order valence-corrected chi connectivity index (χ0v) is 11.5. The Morgan fingerprint density at radius 3 is 3.00 bits per heavy atom. The minimum absolute atomic E-state index is 0.628. The first-order valence-corrected chi connectivity index (χ1v) is 6.62. The number of hydrogen-bond donors (Lipinski definition) is 0. The number of aryl methyl sites for hydroxylation is 1. The number of nitrogens with zero attached hydrogens (tertiary/aromatic N) is 3. The van der Waals surface area contributed by atoms with Gasteiger partial charge < -0.3 is 9.09 Å². The molecule has 0 N–H and O–H groups in total. The number of halogens is 1. The van der Waals surface area contributed by atoms with Gasteiger partial charge in [-0.05, 0) is 18.2 Å². The highest BCUT2D eigenvalue weighted by Gasteiger charge is 2.08. The largest absolute Gasteiger partial charge is 0.340 e. The van der Waals surface area contributed by atoms with Crippen molar-refractivity contribution in [3.63, 3.8) is 0 Å². The van der Waals surface area contributed by atoms with Gasteiger partial charge in [-0.2, -0.15) is 4.98 Å². The average molecular weight is 306 g/mol. The van der Waals surface area contributed by atoms with Crippen LogP contribution in [0.3, 0.4) is 0 Å². The normalized spacial score (nSPS) is 11.2. The highest BCUT2D eigenvalue weighted by Crippen LogP contribution is 2.24. The predicted molar refractivity (Wildman–Crippen MR) is 72.4 cm³/mol. The molecule has 1 aromatic carbocycles. The average Bonchev–Trinajstić information content (AvgIpc) is 2.98. The Bertz CT molecular complexity index is 686. The van der Waals surface area contributed by atoms with Crippen LogP contribution < -0.4 is 0 Å². The molecule has 2 aromatic heterocycles. The molecule has 3 rings (SSSR count). The van der Waals surface area contributed by atoms with Crippen LogP contribution in [0.25, 0.3) is 10.9 Å². The van der Waals surface area contributed by atoms with Crippen molar-refractivity contribution in [1.82, 2.24) is 14.7 Å². The van der Waals surface area contributed by atoms with E-state index in [2.05, 4.69) is 42.8 Å². The maximum atomic E-state index is 5.11. The minimum atomic E-state index is 0.628. The van der Waals surface area contributed by atoms with Gasteiger partial charge in [0.15, 0.2) is 5.82 Å². The third kappa shape index (κ3) is 1.95. The number of benzene rings is 1. The highest BCUT2D eigenvalue weighted by atomic mass is 79.9. The summed E-state index contributed by atoms with van der Waals surface area (Å²) in [6.45, 7) is 2.63. The van der Waals surface area contributed by atoms with Crippen molar-refractivity contribution in [1.29, 1.82) is 0 Å². The fourth-order valence-corrected chi connectivity index (χ4v) is 2.46. The van der Waals surface area contributed by atoms with E-state index in [1.165, 1.54) is 5.39 Å². The molecular weight excluding hydrogens is 294 g/mol. The van der Waals surface area contributed by atoms with Gasteiger partial charge in [0.05, 0.1) is 6.54 Å². The second kappa shape index (κ2) is 4.57. The van der Waals surface area contributed by atoms with Gasteiger partial charge in [-0.3, -0.25) is 0 Å². The second-order valence-corrected chi connectivity index (χ2v) is 4.93. The monoisotopic (exact) mass is 305 g/mol. The molecule has 0 aliphatic heterocycles. The SMILES string of the molecule is CCc1nc(Cn2ccc3c(Br)cccc32)no1. The minimum Gasteiger partial charge on any atom is -0.340 e. The van der Waals surface area contributed by atoms with Crippen molar-refractivity contribution in [2.45, 2.75) is 19.9 Å². The molecule has 2 heterocycles. The Morgan fingerprint density at radius 1 is 1.33 bits per heavy atom. The van der Waals surface area contributed by atoms with Crippen molar-refractivity contribution < 1.29 is 4.52 Å². The lowest BCUT2D eigenvalue weighted by Gasteiger charge is -2.01. The van der Waals surface area contributed by atoms with Crippen LogP contribution in [-0.2, 0) is 13.0 Å². The molecule has 18 heavy (non-hydrogen) atoms. The summed E-state index contributed by atoms with van der Waals surface area (Å²) >= 11 is 3.55. The quantitative estimate of drug-likeness (QED) is 0.745. The molecule has 0 aliphatic carbocycles. The van der Waals surface area contributed by atoms with Crippen molar-refractivity contribution in [3.05, 3.63) is 46.7 Å². The van der Waals surface area contributed by atoms with Crippen molar-refractivity contribution >= 4 is 26.8 Å². The number of hydrogen-bond acceptors (Lipinski definition) is 3. The van der Waals surface area contributed by atoms with Crippen LogP contribution in [0.1, 0.15) is 18.6 Å². The van der Waals surface area contributed by atoms with Crippen LogP contribution in [0.2, 0.25) is 0 Å². The van der Waals surface area contributed by atoms with Gasteiger partial charge in [0.1, 0.15) is 0 Å². The topological polar surface area (TPSA) is 43.9 Å². The fraction of sp³-hybridized carbons (Fsp3) is 0.231. The first-order chi connectivity index (χ1) is 8.78. The summed E-state index contributed by atoms with van der Waals surface area (Å²) < 4.78 is 8.33. The molecule has 0 aliphatic rings. The highest BCUT2D eigenvalue weighted by molar-refractivity contribution is 9.10. The summed E-state index contributed by atoms with van der Waals surface area (Å²) in [5.74, 6) is 1.40. The van der Waals surface area contributed by atoms with E-state index in [4.69, 9.17) is 4.52 Å². The first-order valence-electron chi connectivity index (χ1n) is 5.82. The summed E-state index contributed by atoms with van der Waals surface area (Å²) in [5, 5.41) is 5.16. The van der Waals surface area contributed by atoms with E-state index in [9.17, 15) is 0 Å². The molecule has 0 unspecified atom stereocenters. The third-order valence-electron chi connectivity index (χ3n) is 2.88. The molecule has 0 bridgehead atoms. The van der Waals surface area contributed by atoms with Crippen LogP contribution in [0, 0.1) is 0 Å². The lowest BCUT2D eigenvalue weighted by molar-refractivity contribution is 0.375. The standard InChI is InChI=1S/C13H12BrN3O/c1-2-13-15-12(16-18-13)8-17-7-6-9-10(14)4-3-5-11(9)17/h3-7H,2,8H2,1H3. The Labute approximate surface area is 113 Å². The molecule has 0 amide bonds. The number of fused-ring (bicyclic) bond motifs is 1. The Balaban J connectivity index is 1.97. The van der Waals surface area contributed by atoms with Gasteiger partial charge in [-0.15, -0.1) is 0 Å². The fourth-order valence-electron chi connectivity index (χ4n) is 1.97.